The van der Waals surface area contributed by atoms with Gasteiger partial charge in [-0.15, -0.1) is 0 Å². The van der Waals surface area contributed by atoms with Crippen LogP contribution in [-0.2, 0) is 0 Å². The van der Waals surface area contributed by atoms with E-state index in [1.54, 1.807) is 0 Å². The van der Waals surface area contributed by atoms with Crippen LogP contribution in [0.4, 0.5) is 0 Å². The normalized spacial score (nSPS) is 35.1. The van der Waals surface area contributed by atoms with E-state index in [0.29, 0.717) is 0 Å². The average molecular weight is 183 g/mol. The van der Waals surface area contributed by atoms with Crippen molar-refractivity contribution in [2.24, 2.45) is 10.8 Å². The molecule has 1 spiro atoms. The van der Waals surface area contributed by atoms with Gasteiger partial charge in [0.25, 0.3) is 0 Å². The molecule has 1 heteroatoms. The molecule has 0 bridgehead atoms. The molecular weight excluding hydrogens is 158 g/mol. The van der Waals surface area contributed by atoms with Crippen molar-refractivity contribution in [1.29, 1.82) is 0 Å². The lowest BCUT2D eigenvalue weighted by Gasteiger charge is -2.27. The molecule has 13 heavy (non-hydrogen) atoms. The van der Waals surface area contributed by atoms with Crippen LogP contribution < -0.4 is 5.32 Å². The summed E-state index contributed by atoms with van der Waals surface area (Å²) in [5.41, 5.74) is 1.49. The maximum atomic E-state index is 3.44. The Morgan fingerprint density at radius 2 is 1.69 bits per heavy atom. The Balaban J connectivity index is 0.000000396. The second-order valence-corrected chi connectivity index (χ2v) is 4.62. The molecular formula is C12H25N. The average Bonchev–Trinajstić information content (AvgIpc) is 2.76. The molecule has 78 valence electrons. The highest BCUT2D eigenvalue weighted by Crippen LogP contribution is 2.69. The number of hydrogen-bond acceptors (Lipinski definition) is 1. The van der Waals surface area contributed by atoms with Gasteiger partial charge in [-0.25, -0.2) is 0 Å². The minimum Gasteiger partial charge on any atom is -0.317 e. The third-order valence-electron chi connectivity index (χ3n) is 4.22. The second-order valence-electron chi connectivity index (χ2n) is 4.62. The summed E-state index contributed by atoms with van der Waals surface area (Å²) >= 11 is 0. The Labute approximate surface area is 83.3 Å². The summed E-state index contributed by atoms with van der Waals surface area (Å²) in [7, 11) is 0. The molecule has 0 aromatic heterocycles. The van der Waals surface area contributed by atoms with E-state index in [-0.39, 0.29) is 0 Å². The van der Waals surface area contributed by atoms with Crippen LogP contribution in [0.5, 0.6) is 0 Å². The lowest BCUT2D eigenvalue weighted by molar-refractivity contribution is 0.266. The Morgan fingerprint density at radius 1 is 1.15 bits per heavy atom. The predicted octanol–water partition coefficient (Wildman–Crippen LogP) is 3.20. The SMILES string of the molecule is CC.CCC1(C)CC12CCNCC2. The maximum absolute atomic E-state index is 3.44. The van der Waals surface area contributed by atoms with Gasteiger partial charge in [-0.1, -0.05) is 34.1 Å². The molecule has 1 aliphatic heterocycles. The summed E-state index contributed by atoms with van der Waals surface area (Å²) in [5, 5.41) is 3.44. The van der Waals surface area contributed by atoms with Crippen molar-refractivity contribution in [3.8, 4) is 0 Å². The monoisotopic (exact) mass is 183 g/mol. The van der Waals surface area contributed by atoms with Gasteiger partial charge < -0.3 is 5.32 Å². The van der Waals surface area contributed by atoms with Crippen molar-refractivity contribution in [3.05, 3.63) is 0 Å². The smallest absolute Gasteiger partial charge is 0.00434 e. The van der Waals surface area contributed by atoms with E-state index < -0.39 is 0 Å². The van der Waals surface area contributed by atoms with Crippen molar-refractivity contribution >= 4 is 0 Å². The molecule has 0 aromatic rings. The fourth-order valence-electron chi connectivity index (χ4n) is 2.89. The lowest BCUT2D eigenvalue weighted by atomic mass is 9.84. The summed E-state index contributed by atoms with van der Waals surface area (Å²) < 4.78 is 0. The molecule has 1 unspecified atom stereocenters. The third-order valence-corrected chi connectivity index (χ3v) is 4.22. The van der Waals surface area contributed by atoms with E-state index in [9.17, 15) is 0 Å². The number of rotatable bonds is 1. The third kappa shape index (κ3) is 1.76. The highest BCUT2D eigenvalue weighted by molar-refractivity contribution is 5.12. The Kier molecular flexibility index (Phi) is 3.39. The zero-order valence-corrected chi connectivity index (χ0v) is 9.74. The van der Waals surface area contributed by atoms with Crippen LogP contribution in [0.3, 0.4) is 0 Å². The van der Waals surface area contributed by atoms with Crippen LogP contribution in [0.1, 0.15) is 53.4 Å². The standard InChI is InChI=1S/C10H19N.C2H6/c1-3-9(2)8-10(9)4-6-11-7-5-10;1-2/h11H,3-8H2,1-2H3;1-2H3. The van der Waals surface area contributed by atoms with Gasteiger partial charge in [-0.2, -0.15) is 0 Å². The molecule has 1 atom stereocenters. The summed E-state index contributed by atoms with van der Waals surface area (Å²) in [6.07, 6.45) is 5.74. The number of hydrogen-bond donors (Lipinski definition) is 1. The van der Waals surface area contributed by atoms with E-state index in [4.69, 9.17) is 0 Å². The fraction of sp³-hybridized carbons (Fsp3) is 1.00. The molecule has 0 radical (unpaired) electrons. The zero-order chi connectivity index (χ0) is 9.95. The Bertz CT molecular complexity index is 153. The van der Waals surface area contributed by atoms with Gasteiger partial charge in [0.1, 0.15) is 0 Å². The number of nitrogens with one attached hydrogen (secondary N) is 1. The van der Waals surface area contributed by atoms with Gasteiger partial charge in [0.15, 0.2) is 0 Å². The highest BCUT2D eigenvalue weighted by Gasteiger charge is 2.61. The van der Waals surface area contributed by atoms with E-state index in [1.807, 2.05) is 13.8 Å². The maximum Gasteiger partial charge on any atom is -0.00434 e. The summed E-state index contributed by atoms with van der Waals surface area (Å²) in [5.74, 6) is 0. The molecule has 1 saturated carbocycles. The quantitative estimate of drug-likeness (QED) is 0.658. The topological polar surface area (TPSA) is 12.0 Å². The van der Waals surface area contributed by atoms with Crippen LogP contribution in [0.15, 0.2) is 0 Å². The van der Waals surface area contributed by atoms with E-state index in [0.717, 1.165) is 10.8 Å². The highest BCUT2D eigenvalue weighted by atomic mass is 14.9. The van der Waals surface area contributed by atoms with Crippen LogP contribution in [0, 0.1) is 10.8 Å². The van der Waals surface area contributed by atoms with Crippen molar-refractivity contribution in [2.75, 3.05) is 13.1 Å². The van der Waals surface area contributed by atoms with E-state index >= 15 is 0 Å². The van der Waals surface area contributed by atoms with Crippen LogP contribution >= 0.6 is 0 Å². The van der Waals surface area contributed by atoms with Gasteiger partial charge in [-0.05, 0) is 43.2 Å². The first kappa shape index (κ1) is 11.0. The minimum absolute atomic E-state index is 0.717. The number of piperidine rings is 1. The first-order chi connectivity index (χ1) is 6.22. The second kappa shape index (κ2) is 4.00. The molecule has 2 rings (SSSR count). The first-order valence-electron chi connectivity index (χ1n) is 5.93. The van der Waals surface area contributed by atoms with Gasteiger partial charge in [0.2, 0.25) is 0 Å². The molecule has 2 fully saturated rings. The molecule has 1 saturated heterocycles. The van der Waals surface area contributed by atoms with Gasteiger partial charge in [0, 0.05) is 0 Å². The van der Waals surface area contributed by atoms with Crippen LogP contribution in [0.2, 0.25) is 0 Å². The van der Waals surface area contributed by atoms with Crippen molar-refractivity contribution < 1.29 is 0 Å². The van der Waals surface area contributed by atoms with Crippen molar-refractivity contribution in [1.82, 2.24) is 5.32 Å². The predicted molar refractivity (Wildman–Crippen MR) is 58.9 cm³/mol. The summed E-state index contributed by atoms with van der Waals surface area (Å²) in [6, 6.07) is 0. The first-order valence-corrected chi connectivity index (χ1v) is 5.93. The Morgan fingerprint density at radius 3 is 2.08 bits per heavy atom. The van der Waals surface area contributed by atoms with E-state index in [1.165, 1.54) is 38.8 Å². The van der Waals surface area contributed by atoms with Gasteiger partial charge in [0.05, 0.1) is 0 Å². The summed E-state index contributed by atoms with van der Waals surface area (Å²) in [6.45, 7) is 11.3. The van der Waals surface area contributed by atoms with Gasteiger partial charge in [-0.3, -0.25) is 0 Å². The summed E-state index contributed by atoms with van der Waals surface area (Å²) in [4.78, 5) is 0. The lowest BCUT2D eigenvalue weighted by Crippen LogP contribution is -2.31. The molecule has 1 heterocycles. The van der Waals surface area contributed by atoms with E-state index in [2.05, 4.69) is 19.2 Å². The molecule has 1 nitrogen and oxygen atoms in total. The largest absolute Gasteiger partial charge is 0.317 e. The fourth-order valence-corrected chi connectivity index (χ4v) is 2.89. The molecule has 1 N–H and O–H groups in total. The molecule has 0 amide bonds. The van der Waals surface area contributed by atoms with Crippen LogP contribution in [0.25, 0.3) is 0 Å². The molecule has 2 aliphatic rings. The minimum atomic E-state index is 0.717. The Hall–Kier alpha value is -0.0400. The molecule has 1 aliphatic carbocycles. The van der Waals surface area contributed by atoms with Crippen molar-refractivity contribution in [2.45, 2.75) is 53.4 Å². The van der Waals surface area contributed by atoms with Crippen molar-refractivity contribution in [3.63, 3.8) is 0 Å². The van der Waals surface area contributed by atoms with Crippen LogP contribution in [-0.4, -0.2) is 13.1 Å². The zero-order valence-electron chi connectivity index (χ0n) is 9.74. The molecule has 0 aromatic carbocycles. The van der Waals surface area contributed by atoms with Gasteiger partial charge >= 0.3 is 0 Å².